The highest BCUT2D eigenvalue weighted by Crippen LogP contribution is 2.21. The van der Waals surface area contributed by atoms with Crippen LogP contribution in [0.15, 0.2) is 24.3 Å². The lowest BCUT2D eigenvalue weighted by Gasteiger charge is -2.34. The zero-order chi connectivity index (χ0) is 19.8. The van der Waals surface area contributed by atoms with Gasteiger partial charge in [-0.3, -0.25) is 14.4 Å². The van der Waals surface area contributed by atoms with Gasteiger partial charge in [0, 0.05) is 25.1 Å². The Morgan fingerprint density at radius 1 is 1.30 bits per heavy atom. The zero-order valence-electron chi connectivity index (χ0n) is 15.9. The molecule has 1 aromatic carbocycles. The van der Waals surface area contributed by atoms with Gasteiger partial charge in [-0.1, -0.05) is 17.7 Å². The molecule has 7 heteroatoms. The van der Waals surface area contributed by atoms with Gasteiger partial charge in [-0.2, -0.15) is 11.8 Å². The molecule has 6 nitrogen and oxygen atoms in total. The molecule has 1 heterocycles. The molecule has 27 heavy (non-hydrogen) atoms. The third kappa shape index (κ3) is 6.57. The van der Waals surface area contributed by atoms with E-state index in [1.807, 2.05) is 31.4 Å². The molecule has 1 saturated heterocycles. The van der Waals surface area contributed by atoms with Crippen LogP contribution in [-0.2, 0) is 9.59 Å². The largest absolute Gasteiger partial charge is 0.481 e. The van der Waals surface area contributed by atoms with Crippen molar-refractivity contribution in [3.8, 4) is 0 Å². The summed E-state index contributed by atoms with van der Waals surface area (Å²) in [6, 6.07) is 6.75. The first kappa shape index (κ1) is 21.3. The lowest BCUT2D eigenvalue weighted by Crippen LogP contribution is -2.51. The van der Waals surface area contributed by atoms with Crippen LogP contribution >= 0.6 is 11.8 Å². The number of aryl methyl sites for hydroxylation is 1. The highest BCUT2D eigenvalue weighted by molar-refractivity contribution is 7.98. The van der Waals surface area contributed by atoms with Gasteiger partial charge < -0.3 is 15.3 Å². The maximum absolute atomic E-state index is 13.0. The van der Waals surface area contributed by atoms with Crippen molar-refractivity contribution < 1.29 is 19.5 Å². The Morgan fingerprint density at radius 2 is 2.00 bits per heavy atom. The number of carboxylic acids is 1. The van der Waals surface area contributed by atoms with E-state index in [0.717, 1.165) is 11.3 Å². The van der Waals surface area contributed by atoms with Gasteiger partial charge in [0.05, 0.1) is 0 Å². The van der Waals surface area contributed by atoms with Crippen LogP contribution in [0, 0.1) is 12.8 Å². The Balaban J connectivity index is 1.99. The Hall–Kier alpha value is -2.02. The molecule has 2 N–H and O–H groups in total. The second-order valence-corrected chi connectivity index (χ2v) is 8.03. The third-order valence-corrected chi connectivity index (χ3v) is 5.53. The number of carbonyl (C=O) groups is 3. The monoisotopic (exact) mass is 392 g/mol. The van der Waals surface area contributed by atoms with Crippen LogP contribution < -0.4 is 5.32 Å². The van der Waals surface area contributed by atoms with Gasteiger partial charge in [0.1, 0.15) is 6.04 Å². The number of benzene rings is 1. The van der Waals surface area contributed by atoms with E-state index in [1.54, 1.807) is 22.7 Å². The average Bonchev–Trinajstić information content (AvgIpc) is 2.64. The van der Waals surface area contributed by atoms with Gasteiger partial charge in [0.15, 0.2) is 0 Å². The number of rotatable bonds is 8. The van der Waals surface area contributed by atoms with Gasteiger partial charge in [-0.05, 0) is 56.2 Å². The first-order chi connectivity index (χ1) is 12.9. The van der Waals surface area contributed by atoms with Crippen molar-refractivity contribution >= 4 is 29.5 Å². The molecular weight excluding hydrogens is 364 g/mol. The maximum Gasteiger partial charge on any atom is 0.303 e. The molecule has 1 aliphatic heterocycles. The fraction of sp³-hybridized carbons (Fsp3) is 0.550. The minimum Gasteiger partial charge on any atom is -0.481 e. The lowest BCUT2D eigenvalue weighted by atomic mass is 9.93. The molecule has 0 spiro atoms. The predicted molar refractivity (Wildman–Crippen MR) is 107 cm³/mol. The van der Waals surface area contributed by atoms with E-state index >= 15 is 0 Å². The van der Waals surface area contributed by atoms with Crippen molar-refractivity contribution in [2.45, 2.75) is 38.6 Å². The van der Waals surface area contributed by atoms with Crippen LogP contribution in [-0.4, -0.2) is 58.9 Å². The highest BCUT2D eigenvalue weighted by atomic mass is 32.2. The molecular formula is C20H28N2O4S. The van der Waals surface area contributed by atoms with E-state index in [9.17, 15) is 14.4 Å². The van der Waals surface area contributed by atoms with Gasteiger partial charge >= 0.3 is 5.97 Å². The summed E-state index contributed by atoms with van der Waals surface area (Å²) in [6.07, 6.45) is 4.09. The lowest BCUT2D eigenvalue weighted by molar-refractivity contribution is -0.139. The quantitative estimate of drug-likeness (QED) is 0.710. The topological polar surface area (TPSA) is 86.7 Å². The summed E-state index contributed by atoms with van der Waals surface area (Å²) in [7, 11) is 0. The third-order valence-electron chi connectivity index (χ3n) is 4.88. The summed E-state index contributed by atoms with van der Waals surface area (Å²) < 4.78 is 0. The van der Waals surface area contributed by atoms with Crippen molar-refractivity contribution in [3.05, 3.63) is 35.4 Å². The van der Waals surface area contributed by atoms with Crippen molar-refractivity contribution in [2.75, 3.05) is 25.1 Å². The van der Waals surface area contributed by atoms with Crippen molar-refractivity contribution in [1.82, 2.24) is 10.2 Å². The van der Waals surface area contributed by atoms with Crippen molar-refractivity contribution in [2.24, 2.45) is 5.92 Å². The first-order valence-electron chi connectivity index (χ1n) is 9.27. The van der Waals surface area contributed by atoms with E-state index in [-0.39, 0.29) is 24.2 Å². The molecule has 1 fully saturated rings. The number of hydrogen-bond donors (Lipinski definition) is 2. The van der Waals surface area contributed by atoms with Gasteiger partial charge in [-0.15, -0.1) is 0 Å². The molecule has 0 radical (unpaired) electrons. The average molecular weight is 393 g/mol. The van der Waals surface area contributed by atoms with Crippen LogP contribution in [0.25, 0.3) is 0 Å². The summed E-state index contributed by atoms with van der Waals surface area (Å²) in [6.45, 7) is 3.02. The number of piperidine rings is 1. The Morgan fingerprint density at radius 3 is 2.59 bits per heavy atom. The minimum absolute atomic E-state index is 0.0705. The van der Waals surface area contributed by atoms with Crippen LogP contribution in [0.1, 0.15) is 41.6 Å². The van der Waals surface area contributed by atoms with E-state index in [0.29, 0.717) is 37.9 Å². The second kappa shape index (κ2) is 10.3. The summed E-state index contributed by atoms with van der Waals surface area (Å²) in [4.78, 5) is 38.2. The summed E-state index contributed by atoms with van der Waals surface area (Å²) in [5, 5.41) is 11.8. The number of hydrogen-bond acceptors (Lipinski definition) is 4. The summed E-state index contributed by atoms with van der Waals surface area (Å²) in [5.41, 5.74) is 1.55. The molecule has 1 aromatic rings. The molecule has 1 aliphatic rings. The molecule has 0 bridgehead atoms. The van der Waals surface area contributed by atoms with Crippen LogP contribution in [0.4, 0.5) is 0 Å². The molecule has 148 valence electrons. The van der Waals surface area contributed by atoms with Crippen molar-refractivity contribution in [1.29, 1.82) is 0 Å². The summed E-state index contributed by atoms with van der Waals surface area (Å²) >= 11 is 1.64. The standard InChI is InChI=1S/C20H28N2O4S/c1-14-4-3-5-16(12-14)19(25)21-17(8-11-27-2)20(26)22-9-6-15(7-10-22)13-18(23)24/h3-5,12,15,17H,6-11,13H2,1-2H3,(H,21,25)(H,23,24). The number of carbonyl (C=O) groups excluding carboxylic acids is 2. The minimum atomic E-state index is -0.789. The van der Waals surface area contributed by atoms with Gasteiger partial charge in [0.25, 0.3) is 5.91 Å². The number of likely N-dealkylation sites (tertiary alicyclic amines) is 1. The second-order valence-electron chi connectivity index (χ2n) is 7.04. The number of amides is 2. The fourth-order valence-corrected chi connectivity index (χ4v) is 3.82. The van der Waals surface area contributed by atoms with Crippen LogP contribution in [0.3, 0.4) is 0 Å². The zero-order valence-corrected chi connectivity index (χ0v) is 16.8. The normalized spacial score (nSPS) is 16.0. The van der Waals surface area contributed by atoms with E-state index in [4.69, 9.17) is 5.11 Å². The molecule has 2 amide bonds. The molecule has 0 aliphatic carbocycles. The predicted octanol–water partition coefficient (Wildman–Crippen LogP) is 2.56. The SMILES string of the molecule is CSCCC(NC(=O)c1cccc(C)c1)C(=O)N1CCC(CC(=O)O)CC1. The Labute approximate surface area is 164 Å². The van der Waals surface area contributed by atoms with E-state index in [1.165, 1.54) is 0 Å². The van der Waals surface area contributed by atoms with Crippen LogP contribution in [0.2, 0.25) is 0 Å². The Bertz CT molecular complexity index is 672. The van der Waals surface area contributed by atoms with E-state index < -0.39 is 12.0 Å². The number of carboxylic acid groups (broad SMARTS) is 1. The van der Waals surface area contributed by atoms with E-state index in [2.05, 4.69) is 5.32 Å². The summed E-state index contributed by atoms with van der Waals surface area (Å²) in [5.74, 6) is -0.196. The first-order valence-corrected chi connectivity index (χ1v) is 10.7. The number of thioether (sulfide) groups is 1. The highest BCUT2D eigenvalue weighted by Gasteiger charge is 2.30. The molecule has 2 rings (SSSR count). The maximum atomic E-state index is 13.0. The number of aliphatic carboxylic acids is 1. The number of nitrogens with one attached hydrogen (secondary N) is 1. The van der Waals surface area contributed by atoms with Crippen LogP contribution in [0.5, 0.6) is 0 Å². The van der Waals surface area contributed by atoms with Crippen molar-refractivity contribution in [3.63, 3.8) is 0 Å². The van der Waals surface area contributed by atoms with Gasteiger partial charge in [-0.25, -0.2) is 0 Å². The van der Waals surface area contributed by atoms with Gasteiger partial charge in [0.2, 0.25) is 5.91 Å². The molecule has 0 aromatic heterocycles. The molecule has 1 atom stereocenters. The smallest absolute Gasteiger partial charge is 0.303 e. The Kier molecular flexibility index (Phi) is 8.16. The molecule has 0 saturated carbocycles. The fourth-order valence-electron chi connectivity index (χ4n) is 3.35. The molecule has 1 unspecified atom stereocenters. The number of nitrogens with zero attached hydrogens (tertiary/aromatic N) is 1.